The van der Waals surface area contributed by atoms with E-state index in [2.05, 4.69) is 15.5 Å². The standard InChI is InChI=1S/C5H9N3O/c1-6-4-3-7-8-5(4)9-2/h3,6H,1-2H3,(H,7,8). The summed E-state index contributed by atoms with van der Waals surface area (Å²) >= 11 is 0. The second-order valence-corrected chi connectivity index (χ2v) is 1.56. The number of aromatic nitrogens is 2. The van der Waals surface area contributed by atoms with Crippen LogP contribution in [0.3, 0.4) is 0 Å². The minimum Gasteiger partial charge on any atom is -0.478 e. The third kappa shape index (κ3) is 0.960. The molecule has 0 aliphatic carbocycles. The minimum atomic E-state index is 0.595. The third-order valence-corrected chi connectivity index (χ3v) is 1.07. The lowest BCUT2D eigenvalue weighted by molar-refractivity contribution is 0.398. The number of anilines is 1. The molecule has 0 bridgehead atoms. The summed E-state index contributed by atoms with van der Waals surface area (Å²) in [6.45, 7) is 0. The Morgan fingerprint density at radius 2 is 2.56 bits per heavy atom. The summed E-state index contributed by atoms with van der Waals surface area (Å²) in [4.78, 5) is 0. The molecule has 0 saturated carbocycles. The summed E-state index contributed by atoms with van der Waals surface area (Å²) in [5, 5.41) is 9.37. The second-order valence-electron chi connectivity index (χ2n) is 1.56. The Hall–Kier alpha value is -1.19. The highest BCUT2D eigenvalue weighted by Crippen LogP contribution is 2.17. The van der Waals surface area contributed by atoms with Gasteiger partial charge in [0.2, 0.25) is 0 Å². The largest absolute Gasteiger partial charge is 0.478 e. The van der Waals surface area contributed by atoms with Gasteiger partial charge < -0.3 is 10.1 Å². The average molecular weight is 127 g/mol. The first-order chi connectivity index (χ1) is 4.38. The molecule has 1 aromatic rings. The van der Waals surface area contributed by atoms with E-state index in [1.807, 2.05) is 7.05 Å². The number of nitrogens with zero attached hydrogens (tertiary/aromatic N) is 1. The number of nitrogens with one attached hydrogen (secondary N) is 2. The molecule has 0 aliphatic rings. The summed E-state index contributed by atoms with van der Waals surface area (Å²) < 4.78 is 4.87. The highest BCUT2D eigenvalue weighted by molar-refractivity contribution is 5.49. The van der Waals surface area contributed by atoms with Crippen LogP contribution < -0.4 is 10.1 Å². The maximum atomic E-state index is 4.87. The lowest BCUT2D eigenvalue weighted by Crippen LogP contribution is -1.89. The van der Waals surface area contributed by atoms with Gasteiger partial charge in [-0.1, -0.05) is 0 Å². The quantitative estimate of drug-likeness (QED) is 0.606. The number of rotatable bonds is 2. The van der Waals surface area contributed by atoms with Crippen LogP contribution >= 0.6 is 0 Å². The number of hydrogen-bond acceptors (Lipinski definition) is 3. The van der Waals surface area contributed by atoms with Crippen molar-refractivity contribution >= 4 is 5.69 Å². The molecule has 2 N–H and O–H groups in total. The van der Waals surface area contributed by atoms with Crippen molar-refractivity contribution in [1.82, 2.24) is 10.2 Å². The molecular weight excluding hydrogens is 118 g/mol. The van der Waals surface area contributed by atoms with E-state index in [-0.39, 0.29) is 0 Å². The molecule has 0 atom stereocenters. The van der Waals surface area contributed by atoms with Crippen LogP contribution in [0.15, 0.2) is 6.20 Å². The number of ether oxygens (including phenoxy) is 1. The van der Waals surface area contributed by atoms with E-state index in [0.29, 0.717) is 5.88 Å². The Labute approximate surface area is 53.2 Å². The van der Waals surface area contributed by atoms with Gasteiger partial charge in [-0.15, -0.1) is 5.10 Å². The van der Waals surface area contributed by atoms with Crippen LogP contribution in [-0.4, -0.2) is 24.4 Å². The number of H-pyrrole nitrogens is 1. The molecule has 1 heterocycles. The molecule has 4 heteroatoms. The first-order valence-corrected chi connectivity index (χ1v) is 2.64. The van der Waals surface area contributed by atoms with Crippen LogP contribution in [0, 0.1) is 0 Å². The molecule has 0 amide bonds. The molecule has 0 aromatic carbocycles. The van der Waals surface area contributed by atoms with E-state index in [4.69, 9.17) is 4.74 Å². The van der Waals surface area contributed by atoms with Crippen molar-refractivity contribution in [1.29, 1.82) is 0 Å². The predicted octanol–water partition coefficient (Wildman–Crippen LogP) is 0.460. The van der Waals surface area contributed by atoms with Gasteiger partial charge in [0.05, 0.1) is 7.11 Å². The molecule has 0 aliphatic heterocycles. The Kier molecular flexibility index (Phi) is 1.58. The first-order valence-electron chi connectivity index (χ1n) is 2.64. The fraction of sp³-hybridized carbons (Fsp3) is 0.400. The third-order valence-electron chi connectivity index (χ3n) is 1.07. The molecule has 0 radical (unpaired) electrons. The van der Waals surface area contributed by atoms with Gasteiger partial charge in [-0.2, -0.15) is 0 Å². The Bertz CT molecular complexity index is 166. The number of aromatic amines is 1. The Morgan fingerprint density at radius 3 is 3.00 bits per heavy atom. The predicted molar refractivity (Wildman–Crippen MR) is 34.7 cm³/mol. The molecule has 50 valence electrons. The van der Waals surface area contributed by atoms with Crippen molar-refractivity contribution in [2.75, 3.05) is 19.5 Å². The average Bonchev–Trinajstić information content (AvgIpc) is 2.33. The van der Waals surface area contributed by atoms with Crippen molar-refractivity contribution in [3.8, 4) is 5.88 Å². The van der Waals surface area contributed by atoms with E-state index in [9.17, 15) is 0 Å². The monoisotopic (exact) mass is 127 g/mol. The van der Waals surface area contributed by atoms with E-state index >= 15 is 0 Å². The fourth-order valence-corrected chi connectivity index (χ4v) is 0.612. The van der Waals surface area contributed by atoms with Crippen LogP contribution in [0.2, 0.25) is 0 Å². The van der Waals surface area contributed by atoms with Gasteiger partial charge in [-0.25, -0.2) is 0 Å². The summed E-state index contributed by atoms with van der Waals surface area (Å²) in [6, 6.07) is 0. The maximum absolute atomic E-state index is 4.87. The van der Waals surface area contributed by atoms with Crippen LogP contribution in [-0.2, 0) is 0 Å². The maximum Gasteiger partial charge on any atom is 0.255 e. The zero-order chi connectivity index (χ0) is 6.69. The lowest BCUT2D eigenvalue weighted by Gasteiger charge is -1.96. The molecule has 1 aromatic heterocycles. The van der Waals surface area contributed by atoms with E-state index in [1.165, 1.54) is 0 Å². The van der Waals surface area contributed by atoms with E-state index < -0.39 is 0 Å². The minimum absolute atomic E-state index is 0.595. The van der Waals surface area contributed by atoms with Gasteiger partial charge in [-0.05, 0) is 0 Å². The Morgan fingerprint density at radius 1 is 1.78 bits per heavy atom. The summed E-state index contributed by atoms with van der Waals surface area (Å²) in [5.41, 5.74) is 0.873. The van der Waals surface area contributed by atoms with Gasteiger partial charge in [0, 0.05) is 13.2 Å². The smallest absolute Gasteiger partial charge is 0.255 e. The Balaban J connectivity index is 2.85. The van der Waals surface area contributed by atoms with Gasteiger partial charge >= 0.3 is 0 Å². The number of methoxy groups -OCH3 is 1. The van der Waals surface area contributed by atoms with E-state index in [1.54, 1.807) is 13.3 Å². The molecule has 0 spiro atoms. The number of hydrogen-bond donors (Lipinski definition) is 2. The van der Waals surface area contributed by atoms with Gasteiger partial charge in [0.15, 0.2) is 0 Å². The summed E-state index contributed by atoms with van der Waals surface area (Å²) in [6.07, 6.45) is 1.73. The summed E-state index contributed by atoms with van der Waals surface area (Å²) in [5.74, 6) is 0.595. The van der Waals surface area contributed by atoms with Crippen molar-refractivity contribution in [3.05, 3.63) is 6.20 Å². The molecule has 4 nitrogen and oxygen atoms in total. The highest BCUT2D eigenvalue weighted by Gasteiger charge is 1.99. The molecule has 0 fully saturated rings. The van der Waals surface area contributed by atoms with Gasteiger partial charge in [0.25, 0.3) is 5.88 Å². The van der Waals surface area contributed by atoms with Crippen LogP contribution in [0.1, 0.15) is 0 Å². The van der Waals surface area contributed by atoms with Crippen molar-refractivity contribution in [3.63, 3.8) is 0 Å². The van der Waals surface area contributed by atoms with Crippen molar-refractivity contribution < 1.29 is 4.74 Å². The topological polar surface area (TPSA) is 49.9 Å². The zero-order valence-corrected chi connectivity index (χ0v) is 5.43. The van der Waals surface area contributed by atoms with E-state index in [0.717, 1.165) is 5.69 Å². The van der Waals surface area contributed by atoms with Crippen LogP contribution in [0.5, 0.6) is 5.88 Å². The van der Waals surface area contributed by atoms with Crippen LogP contribution in [0.25, 0.3) is 0 Å². The highest BCUT2D eigenvalue weighted by atomic mass is 16.5. The fourth-order valence-electron chi connectivity index (χ4n) is 0.612. The molecule has 0 unspecified atom stereocenters. The molecular formula is C5H9N3O. The van der Waals surface area contributed by atoms with Gasteiger partial charge in [0.1, 0.15) is 5.69 Å². The normalized spacial score (nSPS) is 9.11. The zero-order valence-electron chi connectivity index (χ0n) is 5.43. The van der Waals surface area contributed by atoms with Crippen molar-refractivity contribution in [2.45, 2.75) is 0 Å². The first kappa shape index (κ1) is 5.94. The van der Waals surface area contributed by atoms with Gasteiger partial charge in [-0.3, -0.25) is 5.10 Å². The summed E-state index contributed by atoms with van der Waals surface area (Å²) in [7, 11) is 3.39. The molecule has 1 rings (SSSR count). The molecule has 0 saturated heterocycles. The van der Waals surface area contributed by atoms with Crippen LogP contribution in [0.4, 0.5) is 5.69 Å². The SMILES string of the molecule is CNc1c[nH]nc1OC. The van der Waals surface area contributed by atoms with Crippen molar-refractivity contribution in [2.24, 2.45) is 0 Å². The second kappa shape index (κ2) is 2.39. The lowest BCUT2D eigenvalue weighted by atomic mass is 10.5. The molecule has 9 heavy (non-hydrogen) atoms.